The zero-order chi connectivity index (χ0) is 9.10. The molecule has 0 aromatic carbocycles. The van der Waals surface area contributed by atoms with Crippen molar-refractivity contribution in [2.24, 2.45) is 5.92 Å². The molecule has 0 bridgehead atoms. The molecule has 1 aliphatic heterocycles. The highest BCUT2D eigenvalue weighted by Gasteiger charge is 2.22. The van der Waals surface area contributed by atoms with Gasteiger partial charge in [-0.05, 0) is 18.8 Å². The smallest absolute Gasteiger partial charge is 0.0166 e. The van der Waals surface area contributed by atoms with Crippen LogP contribution in [0.3, 0.4) is 0 Å². The second-order valence-electron chi connectivity index (χ2n) is 4.65. The quantitative estimate of drug-likeness (QED) is 0.559. The van der Waals surface area contributed by atoms with Crippen molar-refractivity contribution in [3.63, 3.8) is 0 Å². The first-order valence-corrected chi connectivity index (χ1v) is 5.77. The predicted molar refractivity (Wildman–Crippen MR) is 56.8 cm³/mol. The Labute approximate surface area is 81.8 Å². The number of hydrogen-bond donors (Lipinski definition) is 0. The number of rotatable bonds is 1. The monoisotopic (exact) mass is 179 g/mol. The lowest BCUT2D eigenvalue weighted by Crippen LogP contribution is -2.41. The Morgan fingerprint density at radius 2 is 1.92 bits per heavy atom. The van der Waals surface area contributed by atoms with E-state index < -0.39 is 0 Å². The molecule has 0 saturated heterocycles. The van der Waals surface area contributed by atoms with Crippen molar-refractivity contribution in [3.8, 4) is 0 Å². The van der Waals surface area contributed by atoms with Gasteiger partial charge in [0.2, 0.25) is 0 Å². The van der Waals surface area contributed by atoms with Crippen LogP contribution in [0.15, 0.2) is 12.2 Å². The summed E-state index contributed by atoms with van der Waals surface area (Å²) in [4.78, 5) is 2.68. The molecule has 0 spiro atoms. The van der Waals surface area contributed by atoms with Gasteiger partial charge in [0.15, 0.2) is 0 Å². The molecule has 1 nitrogen and oxygen atoms in total. The summed E-state index contributed by atoms with van der Waals surface area (Å²) in [6.45, 7) is 4.82. The third kappa shape index (κ3) is 2.34. The molecule has 1 atom stereocenters. The van der Waals surface area contributed by atoms with Gasteiger partial charge in [-0.15, -0.1) is 0 Å². The summed E-state index contributed by atoms with van der Waals surface area (Å²) in [6, 6.07) is 0.904. The summed E-state index contributed by atoms with van der Waals surface area (Å²) in [5, 5.41) is 0. The lowest BCUT2D eigenvalue weighted by molar-refractivity contribution is 0.153. The van der Waals surface area contributed by atoms with Gasteiger partial charge in [0.25, 0.3) is 0 Å². The van der Waals surface area contributed by atoms with Gasteiger partial charge in [-0.1, -0.05) is 38.3 Å². The van der Waals surface area contributed by atoms with E-state index >= 15 is 0 Å². The van der Waals surface area contributed by atoms with E-state index in [1.165, 1.54) is 45.2 Å². The van der Waals surface area contributed by atoms with E-state index in [4.69, 9.17) is 0 Å². The van der Waals surface area contributed by atoms with Gasteiger partial charge in [-0.25, -0.2) is 0 Å². The summed E-state index contributed by atoms with van der Waals surface area (Å²) >= 11 is 0. The van der Waals surface area contributed by atoms with E-state index in [9.17, 15) is 0 Å². The SMILES string of the molecule is C[C@@H]1C=CCN(C2CCCCC2)C1. The lowest BCUT2D eigenvalue weighted by atomic mass is 9.92. The van der Waals surface area contributed by atoms with E-state index in [0.717, 1.165) is 12.0 Å². The first kappa shape index (κ1) is 9.26. The summed E-state index contributed by atoms with van der Waals surface area (Å²) in [6.07, 6.45) is 12.0. The van der Waals surface area contributed by atoms with Crippen LogP contribution in [-0.2, 0) is 0 Å². The van der Waals surface area contributed by atoms with E-state index in [1.807, 2.05) is 0 Å². The minimum atomic E-state index is 0.774. The fraction of sp³-hybridized carbons (Fsp3) is 0.833. The highest BCUT2D eigenvalue weighted by Crippen LogP contribution is 2.24. The van der Waals surface area contributed by atoms with E-state index in [-0.39, 0.29) is 0 Å². The molecule has 1 fully saturated rings. The van der Waals surface area contributed by atoms with Crippen LogP contribution in [0.1, 0.15) is 39.0 Å². The normalized spacial score (nSPS) is 32.2. The first-order valence-electron chi connectivity index (χ1n) is 5.77. The van der Waals surface area contributed by atoms with Crippen LogP contribution in [0, 0.1) is 5.92 Å². The molecule has 1 heteroatoms. The minimum absolute atomic E-state index is 0.774. The fourth-order valence-electron chi connectivity index (χ4n) is 2.68. The Kier molecular flexibility index (Phi) is 3.05. The molecular weight excluding hydrogens is 158 g/mol. The predicted octanol–water partition coefficient (Wildman–Crippen LogP) is 2.83. The van der Waals surface area contributed by atoms with Gasteiger partial charge in [-0.2, -0.15) is 0 Å². The number of nitrogens with zero attached hydrogens (tertiary/aromatic N) is 1. The first-order chi connectivity index (χ1) is 6.36. The van der Waals surface area contributed by atoms with Crippen molar-refractivity contribution in [1.82, 2.24) is 4.90 Å². The molecular formula is C12H21N. The van der Waals surface area contributed by atoms with Crippen LogP contribution in [-0.4, -0.2) is 24.0 Å². The molecule has 0 aromatic rings. The Balaban J connectivity index is 1.88. The van der Waals surface area contributed by atoms with Crippen LogP contribution in [0.2, 0.25) is 0 Å². The topological polar surface area (TPSA) is 3.24 Å². The Bertz CT molecular complexity index is 180. The van der Waals surface area contributed by atoms with E-state index in [2.05, 4.69) is 24.0 Å². The highest BCUT2D eigenvalue weighted by molar-refractivity contribution is 4.97. The minimum Gasteiger partial charge on any atom is -0.296 e. The van der Waals surface area contributed by atoms with Gasteiger partial charge in [0.1, 0.15) is 0 Å². The van der Waals surface area contributed by atoms with Gasteiger partial charge < -0.3 is 0 Å². The van der Waals surface area contributed by atoms with Crippen LogP contribution >= 0.6 is 0 Å². The molecule has 1 aliphatic carbocycles. The largest absolute Gasteiger partial charge is 0.296 e. The van der Waals surface area contributed by atoms with Crippen LogP contribution in [0.5, 0.6) is 0 Å². The van der Waals surface area contributed by atoms with Gasteiger partial charge >= 0.3 is 0 Å². The summed E-state index contributed by atoms with van der Waals surface area (Å²) in [5.74, 6) is 0.774. The van der Waals surface area contributed by atoms with Crippen molar-refractivity contribution in [3.05, 3.63) is 12.2 Å². The van der Waals surface area contributed by atoms with Gasteiger partial charge in [0.05, 0.1) is 0 Å². The summed E-state index contributed by atoms with van der Waals surface area (Å²) in [7, 11) is 0. The van der Waals surface area contributed by atoms with E-state index in [0.29, 0.717) is 0 Å². The maximum Gasteiger partial charge on any atom is 0.0166 e. The summed E-state index contributed by atoms with van der Waals surface area (Å²) < 4.78 is 0. The number of hydrogen-bond acceptors (Lipinski definition) is 1. The Hall–Kier alpha value is -0.300. The summed E-state index contributed by atoms with van der Waals surface area (Å²) in [5.41, 5.74) is 0. The van der Waals surface area contributed by atoms with Gasteiger partial charge in [0, 0.05) is 19.1 Å². The molecule has 0 aromatic heterocycles. The van der Waals surface area contributed by atoms with E-state index in [1.54, 1.807) is 0 Å². The molecule has 1 heterocycles. The Morgan fingerprint density at radius 3 is 2.62 bits per heavy atom. The molecule has 74 valence electrons. The lowest BCUT2D eigenvalue weighted by Gasteiger charge is -2.36. The zero-order valence-electron chi connectivity index (χ0n) is 8.71. The van der Waals surface area contributed by atoms with Crippen molar-refractivity contribution in [2.45, 2.75) is 45.1 Å². The van der Waals surface area contributed by atoms with Crippen LogP contribution < -0.4 is 0 Å². The van der Waals surface area contributed by atoms with Crippen LogP contribution in [0.25, 0.3) is 0 Å². The molecule has 0 N–H and O–H groups in total. The molecule has 13 heavy (non-hydrogen) atoms. The Morgan fingerprint density at radius 1 is 1.15 bits per heavy atom. The average molecular weight is 179 g/mol. The molecule has 1 saturated carbocycles. The van der Waals surface area contributed by atoms with Crippen molar-refractivity contribution in [2.75, 3.05) is 13.1 Å². The van der Waals surface area contributed by atoms with Crippen molar-refractivity contribution in [1.29, 1.82) is 0 Å². The van der Waals surface area contributed by atoms with Crippen molar-refractivity contribution < 1.29 is 0 Å². The average Bonchev–Trinajstić information content (AvgIpc) is 2.19. The third-order valence-corrected chi connectivity index (χ3v) is 3.42. The van der Waals surface area contributed by atoms with Crippen LogP contribution in [0.4, 0.5) is 0 Å². The highest BCUT2D eigenvalue weighted by atomic mass is 15.2. The molecule has 0 amide bonds. The molecule has 2 rings (SSSR count). The molecule has 0 radical (unpaired) electrons. The third-order valence-electron chi connectivity index (χ3n) is 3.42. The molecule has 0 unspecified atom stereocenters. The maximum absolute atomic E-state index is 2.68. The fourth-order valence-corrected chi connectivity index (χ4v) is 2.68. The van der Waals surface area contributed by atoms with Gasteiger partial charge in [-0.3, -0.25) is 4.90 Å². The zero-order valence-corrected chi connectivity index (χ0v) is 8.71. The second kappa shape index (κ2) is 4.28. The second-order valence-corrected chi connectivity index (χ2v) is 4.65. The standard InChI is InChI=1S/C12H21N/c1-11-6-5-9-13(10-11)12-7-3-2-4-8-12/h5-6,11-12H,2-4,7-10H2,1H3/t11-/m1/s1. The maximum atomic E-state index is 2.68. The van der Waals surface area contributed by atoms with Crippen molar-refractivity contribution >= 4 is 0 Å². The molecule has 2 aliphatic rings.